The standard InChI is InChI=1S/C29H26N2O2S/c1-21(32)23-13-9-14-25(18-23)34-31-20-24-12-5-6-15-26(24)27-16-7-8-17-28(27)29(33)30-19-22-10-3-2-4-11-22/h2-18,31H,19-20H2,1H3,(H,30,33). The van der Waals surface area contributed by atoms with Gasteiger partial charge in [-0.3, -0.25) is 14.3 Å². The number of carbonyl (C=O) groups excluding carboxylic acids is 2. The first-order valence-electron chi connectivity index (χ1n) is 11.1. The quantitative estimate of drug-likeness (QED) is 0.225. The van der Waals surface area contributed by atoms with E-state index in [1.54, 1.807) is 6.92 Å². The fourth-order valence-electron chi connectivity index (χ4n) is 3.70. The Bertz CT molecular complexity index is 1290. The maximum absolute atomic E-state index is 13.1. The Labute approximate surface area is 204 Å². The van der Waals surface area contributed by atoms with E-state index in [9.17, 15) is 9.59 Å². The lowest BCUT2D eigenvalue weighted by Crippen LogP contribution is -2.23. The number of carbonyl (C=O) groups is 2. The second kappa shape index (κ2) is 11.5. The van der Waals surface area contributed by atoms with Gasteiger partial charge in [0.15, 0.2) is 5.78 Å². The maximum Gasteiger partial charge on any atom is 0.252 e. The highest BCUT2D eigenvalue weighted by molar-refractivity contribution is 7.97. The minimum Gasteiger partial charge on any atom is -0.348 e. The van der Waals surface area contributed by atoms with Gasteiger partial charge in [-0.05, 0) is 59.3 Å². The molecule has 2 N–H and O–H groups in total. The predicted molar refractivity (Wildman–Crippen MR) is 139 cm³/mol. The van der Waals surface area contributed by atoms with Crippen molar-refractivity contribution in [1.29, 1.82) is 0 Å². The Balaban J connectivity index is 1.49. The number of rotatable bonds is 9. The highest BCUT2D eigenvalue weighted by atomic mass is 32.2. The Morgan fingerprint density at radius 1 is 0.735 bits per heavy atom. The van der Waals surface area contributed by atoms with Crippen LogP contribution in [0.4, 0.5) is 0 Å². The van der Waals surface area contributed by atoms with Crippen LogP contribution in [0.3, 0.4) is 0 Å². The molecule has 0 unspecified atom stereocenters. The Morgan fingerprint density at radius 3 is 2.24 bits per heavy atom. The molecular formula is C29H26N2O2S. The highest BCUT2D eigenvalue weighted by Gasteiger charge is 2.14. The molecule has 0 bridgehead atoms. The van der Waals surface area contributed by atoms with Crippen LogP contribution >= 0.6 is 11.9 Å². The van der Waals surface area contributed by atoms with Gasteiger partial charge in [0, 0.05) is 29.1 Å². The van der Waals surface area contributed by atoms with Gasteiger partial charge in [0.25, 0.3) is 5.91 Å². The third-order valence-electron chi connectivity index (χ3n) is 5.47. The van der Waals surface area contributed by atoms with E-state index in [4.69, 9.17) is 0 Å². The van der Waals surface area contributed by atoms with Gasteiger partial charge in [-0.15, -0.1) is 0 Å². The van der Waals surface area contributed by atoms with Crippen molar-refractivity contribution in [3.05, 3.63) is 125 Å². The van der Waals surface area contributed by atoms with Crippen molar-refractivity contribution in [1.82, 2.24) is 10.0 Å². The topological polar surface area (TPSA) is 58.2 Å². The lowest BCUT2D eigenvalue weighted by atomic mass is 9.95. The molecule has 0 aliphatic carbocycles. The molecule has 170 valence electrons. The summed E-state index contributed by atoms with van der Waals surface area (Å²) >= 11 is 1.49. The SMILES string of the molecule is CC(=O)c1cccc(SNCc2ccccc2-c2ccccc2C(=O)NCc2ccccc2)c1. The van der Waals surface area contributed by atoms with E-state index in [2.05, 4.69) is 16.1 Å². The minimum atomic E-state index is -0.0994. The summed E-state index contributed by atoms with van der Waals surface area (Å²) in [7, 11) is 0. The fourth-order valence-corrected chi connectivity index (χ4v) is 4.43. The molecule has 0 saturated heterocycles. The van der Waals surface area contributed by atoms with Crippen LogP contribution in [0, 0.1) is 0 Å². The van der Waals surface area contributed by atoms with Gasteiger partial charge in [0.05, 0.1) is 0 Å². The zero-order chi connectivity index (χ0) is 23.8. The van der Waals surface area contributed by atoms with Crippen molar-refractivity contribution in [2.45, 2.75) is 24.9 Å². The van der Waals surface area contributed by atoms with Crippen molar-refractivity contribution >= 4 is 23.6 Å². The van der Waals surface area contributed by atoms with Gasteiger partial charge >= 0.3 is 0 Å². The molecule has 5 heteroatoms. The first-order chi connectivity index (χ1) is 16.6. The lowest BCUT2D eigenvalue weighted by Gasteiger charge is -2.15. The van der Waals surface area contributed by atoms with Crippen LogP contribution in [-0.2, 0) is 13.1 Å². The zero-order valence-corrected chi connectivity index (χ0v) is 19.8. The van der Waals surface area contributed by atoms with Crippen LogP contribution in [0.15, 0.2) is 108 Å². The molecule has 0 aromatic heterocycles. The van der Waals surface area contributed by atoms with Crippen LogP contribution < -0.4 is 10.0 Å². The third kappa shape index (κ3) is 6.01. The summed E-state index contributed by atoms with van der Waals surface area (Å²) in [6, 6.07) is 33.2. The van der Waals surface area contributed by atoms with E-state index >= 15 is 0 Å². The van der Waals surface area contributed by atoms with Crippen LogP contribution in [0.5, 0.6) is 0 Å². The molecule has 4 nitrogen and oxygen atoms in total. The van der Waals surface area contributed by atoms with Crippen LogP contribution in [0.1, 0.15) is 38.8 Å². The smallest absolute Gasteiger partial charge is 0.252 e. The van der Waals surface area contributed by atoms with Crippen molar-refractivity contribution in [2.75, 3.05) is 0 Å². The average Bonchev–Trinajstić information content (AvgIpc) is 2.88. The summed E-state index contributed by atoms with van der Waals surface area (Å²) in [5.41, 5.74) is 5.40. The highest BCUT2D eigenvalue weighted by Crippen LogP contribution is 2.28. The number of amides is 1. The van der Waals surface area contributed by atoms with Crippen LogP contribution in [0.25, 0.3) is 11.1 Å². The van der Waals surface area contributed by atoms with Gasteiger partial charge in [-0.1, -0.05) is 84.9 Å². The molecule has 4 aromatic rings. The molecule has 0 aliphatic rings. The molecule has 0 spiro atoms. The van der Waals surface area contributed by atoms with Gasteiger partial charge in [0.1, 0.15) is 0 Å². The van der Waals surface area contributed by atoms with E-state index in [0.29, 0.717) is 24.2 Å². The van der Waals surface area contributed by atoms with E-state index in [1.165, 1.54) is 11.9 Å². The molecule has 0 atom stereocenters. The van der Waals surface area contributed by atoms with Gasteiger partial charge in [-0.2, -0.15) is 0 Å². The summed E-state index contributed by atoms with van der Waals surface area (Å²) in [6.07, 6.45) is 0. The van der Waals surface area contributed by atoms with Crippen molar-refractivity contribution in [2.24, 2.45) is 0 Å². The normalized spacial score (nSPS) is 10.6. The predicted octanol–water partition coefficient (Wildman–Crippen LogP) is 6.28. The molecule has 0 heterocycles. The largest absolute Gasteiger partial charge is 0.348 e. The lowest BCUT2D eigenvalue weighted by molar-refractivity contribution is 0.0950. The van der Waals surface area contributed by atoms with E-state index in [1.807, 2.05) is 97.1 Å². The number of nitrogens with one attached hydrogen (secondary N) is 2. The van der Waals surface area contributed by atoms with Gasteiger partial charge < -0.3 is 5.32 Å². The van der Waals surface area contributed by atoms with E-state index in [0.717, 1.165) is 27.1 Å². The summed E-state index contributed by atoms with van der Waals surface area (Å²) in [6.45, 7) is 2.65. The summed E-state index contributed by atoms with van der Waals surface area (Å²) in [5.74, 6) is -0.0485. The number of hydrogen-bond acceptors (Lipinski definition) is 4. The van der Waals surface area contributed by atoms with E-state index in [-0.39, 0.29) is 11.7 Å². The monoisotopic (exact) mass is 466 g/mol. The van der Waals surface area contributed by atoms with Crippen molar-refractivity contribution in [3.63, 3.8) is 0 Å². The molecule has 0 radical (unpaired) electrons. The first-order valence-corrected chi connectivity index (χ1v) is 11.9. The molecule has 0 fully saturated rings. The molecular weight excluding hydrogens is 440 g/mol. The van der Waals surface area contributed by atoms with Crippen LogP contribution in [0.2, 0.25) is 0 Å². The zero-order valence-electron chi connectivity index (χ0n) is 19.0. The average molecular weight is 467 g/mol. The Kier molecular flexibility index (Phi) is 7.91. The molecule has 0 aliphatic heterocycles. The first kappa shape index (κ1) is 23.5. The number of ketones is 1. The second-order valence-electron chi connectivity index (χ2n) is 7.88. The van der Waals surface area contributed by atoms with E-state index < -0.39 is 0 Å². The summed E-state index contributed by atoms with van der Waals surface area (Å²) in [4.78, 5) is 25.7. The van der Waals surface area contributed by atoms with Crippen LogP contribution in [-0.4, -0.2) is 11.7 Å². The minimum absolute atomic E-state index is 0.0509. The maximum atomic E-state index is 13.1. The number of benzene rings is 4. The van der Waals surface area contributed by atoms with Gasteiger partial charge in [-0.25, -0.2) is 0 Å². The molecule has 34 heavy (non-hydrogen) atoms. The molecule has 4 rings (SSSR count). The number of hydrogen-bond donors (Lipinski definition) is 2. The van der Waals surface area contributed by atoms with Crippen molar-refractivity contribution in [3.8, 4) is 11.1 Å². The van der Waals surface area contributed by atoms with Crippen molar-refractivity contribution < 1.29 is 9.59 Å². The van der Waals surface area contributed by atoms with Gasteiger partial charge in [0.2, 0.25) is 0 Å². The Hall–Kier alpha value is -3.67. The second-order valence-corrected chi connectivity index (χ2v) is 8.84. The number of Topliss-reactive ketones (excluding diaryl/α,β-unsaturated/α-hetero) is 1. The molecule has 0 saturated carbocycles. The third-order valence-corrected chi connectivity index (χ3v) is 6.25. The fraction of sp³-hybridized carbons (Fsp3) is 0.103. The summed E-state index contributed by atoms with van der Waals surface area (Å²) in [5, 5.41) is 3.04. The Morgan fingerprint density at radius 2 is 1.44 bits per heavy atom. The molecule has 1 amide bonds. The molecule has 4 aromatic carbocycles. The summed E-state index contributed by atoms with van der Waals surface area (Å²) < 4.78 is 3.39.